The molecule has 0 aliphatic heterocycles. The molecule has 2 aromatic carbocycles. The van der Waals surface area contributed by atoms with Gasteiger partial charge in [-0.15, -0.1) is 13.2 Å². The van der Waals surface area contributed by atoms with Crippen molar-refractivity contribution in [2.75, 3.05) is 0 Å². The maximum atomic E-state index is 3.70. The van der Waals surface area contributed by atoms with Crippen LogP contribution in [0.1, 0.15) is 40.8 Å². The van der Waals surface area contributed by atoms with Gasteiger partial charge in [-0.3, -0.25) is 0 Å². The first kappa shape index (κ1) is 30.3. The zero-order chi connectivity index (χ0) is 14.8. The third kappa shape index (κ3) is 12.9. The van der Waals surface area contributed by atoms with Gasteiger partial charge in [-0.2, -0.15) is 0 Å². The fraction of sp³-hybridized carbons (Fsp3) is 0.273. The Morgan fingerprint density at radius 1 is 0.667 bits per heavy atom. The summed E-state index contributed by atoms with van der Waals surface area (Å²) in [5.41, 5.74) is 2.73. The van der Waals surface area contributed by atoms with Crippen molar-refractivity contribution >= 4 is 30.9 Å². The standard InChI is InChI=1S/2C9H12Si.4CH4/c1-2-4-8-5-3-6-9(10)7-8;1-2-3-8-4-6-9(10)7-5-8;;;;/h2-3,5-7H,1,4H2,10H3;2,4-7H,1,3H2,10H3;4*1H4. The van der Waals surface area contributed by atoms with Crippen LogP contribution in [-0.4, -0.2) is 20.5 Å². The van der Waals surface area contributed by atoms with Gasteiger partial charge in [0.05, 0.1) is 0 Å². The molecule has 0 saturated carbocycles. The molecule has 0 saturated heterocycles. The summed E-state index contributed by atoms with van der Waals surface area (Å²) < 4.78 is 0. The molecule has 0 fully saturated rings. The molecule has 2 heteroatoms. The minimum atomic E-state index is 0. The van der Waals surface area contributed by atoms with Crippen molar-refractivity contribution in [2.24, 2.45) is 0 Å². The number of hydrogen-bond acceptors (Lipinski definition) is 0. The summed E-state index contributed by atoms with van der Waals surface area (Å²) in [6.07, 6.45) is 5.86. The van der Waals surface area contributed by atoms with Crippen LogP contribution in [-0.2, 0) is 12.8 Å². The molecular weight excluding hydrogens is 320 g/mol. The van der Waals surface area contributed by atoms with Crippen molar-refractivity contribution in [3.63, 3.8) is 0 Å². The minimum Gasteiger partial charge on any atom is -0.103 e. The van der Waals surface area contributed by atoms with Crippen molar-refractivity contribution in [2.45, 2.75) is 42.5 Å². The van der Waals surface area contributed by atoms with Gasteiger partial charge in [0.15, 0.2) is 0 Å². The summed E-state index contributed by atoms with van der Waals surface area (Å²) in [7, 11) is 2.30. The summed E-state index contributed by atoms with van der Waals surface area (Å²) in [6, 6.07) is 17.4. The van der Waals surface area contributed by atoms with E-state index in [1.807, 2.05) is 12.2 Å². The molecule has 0 bridgehead atoms. The first-order valence-electron chi connectivity index (χ1n) is 6.98. The van der Waals surface area contributed by atoms with Gasteiger partial charge >= 0.3 is 0 Å². The Hall–Kier alpha value is -1.65. The van der Waals surface area contributed by atoms with Crippen LogP contribution in [0.25, 0.3) is 0 Å². The third-order valence-corrected chi connectivity index (χ3v) is 4.25. The fourth-order valence-corrected chi connectivity index (χ4v) is 2.79. The molecule has 0 aliphatic carbocycles. The van der Waals surface area contributed by atoms with Crippen molar-refractivity contribution in [1.29, 1.82) is 0 Å². The van der Waals surface area contributed by atoms with Crippen LogP contribution in [0.4, 0.5) is 0 Å². The second-order valence-corrected chi connectivity index (χ2v) is 7.27. The highest BCUT2D eigenvalue weighted by molar-refractivity contribution is 6.32. The predicted octanol–water partition coefficient (Wildman–Crippen LogP) is 3.36. The number of allylic oxidation sites excluding steroid dienone is 2. The van der Waals surface area contributed by atoms with E-state index in [1.54, 1.807) is 0 Å². The lowest BCUT2D eigenvalue weighted by Crippen LogP contribution is -2.01. The molecule has 0 unspecified atom stereocenters. The van der Waals surface area contributed by atoms with Crippen molar-refractivity contribution < 1.29 is 0 Å². The van der Waals surface area contributed by atoms with Gasteiger partial charge in [-0.1, -0.05) is 101 Å². The lowest BCUT2D eigenvalue weighted by atomic mass is 10.1. The van der Waals surface area contributed by atoms with E-state index in [-0.39, 0.29) is 29.7 Å². The molecule has 0 amide bonds. The molecule has 0 heterocycles. The van der Waals surface area contributed by atoms with E-state index in [0.717, 1.165) is 33.3 Å². The van der Waals surface area contributed by atoms with E-state index in [1.165, 1.54) is 21.5 Å². The Morgan fingerprint density at radius 2 is 1.17 bits per heavy atom. The normalized spacial score (nSPS) is 8.00. The maximum absolute atomic E-state index is 3.70. The predicted molar refractivity (Wildman–Crippen MR) is 127 cm³/mol. The van der Waals surface area contributed by atoms with Crippen LogP contribution in [0.15, 0.2) is 73.8 Å². The van der Waals surface area contributed by atoms with Gasteiger partial charge in [0, 0.05) is 20.5 Å². The molecule has 0 radical (unpaired) electrons. The zero-order valence-corrected chi connectivity index (χ0v) is 16.6. The van der Waals surface area contributed by atoms with Gasteiger partial charge < -0.3 is 0 Å². The molecule has 0 aliphatic rings. The van der Waals surface area contributed by atoms with Crippen LogP contribution in [0.3, 0.4) is 0 Å². The Kier molecular flexibility index (Phi) is 22.3. The first-order chi connectivity index (χ1) is 9.65. The highest BCUT2D eigenvalue weighted by Gasteiger charge is 1.87. The lowest BCUT2D eigenvalue weighted by molar-refractivity contribution is 1.28. The monoisotopic (exact) mass is 360 g/mol. The first-order valence-corrected chi connectivity index (χ1v) is 8.98. The summed E-state index contributed by atoms with van der Waals surface area (Å²) in [5.74, 6) is 0. The highest BCUT2D eigenvalue weighted by Crippen LogP contribution is 1.97. The van der Waals surface area contributed by atoms with Gasteiger partial charge in [-0.25, -0.2) is 0 Å². The van der Waals surface area contributed by atoms with Crippen LogP contribution in [0.5, 0.6) is 0 Å². The van der Waals surface area contributed by atoms with Gasteiger partial charge in [0.25, 0.3) is 0 Å². The van der Waals surface area contributed by atoms with Gasteiger partial charge in [-0.05, 0) is 24.0 Å². The van der Waals surface area contributed by atoms with E-state index in [2.05, 4.69) is 61.7 Å². The van der Waals surface area contributed by atoms with Crippen LogP contribution < -0.4 is 10.4 Å². The molecule has 0 N–H and O–H groups in total. The van der Waals surface area contributed by atoms with E-state index in [0.29, 0.717) is 0 Å². The number of hydrogen-bond donors (Lipinski definition) is 0. The minimum absolute atomic E-state index is 0. The van der Waals surface area contributed by atoms with Crippen molar-refractivity contribution in [1.82, 2.24) is 0 Å². The summed E-state index contributed by atoms with van der Waals surface area (Å²) in [4.78, 5) is 0. The highest BCUT2D eigenvalue weighted by atomic mass is 28.1. The quantitative estimate of drug-likeness (QED) is 0.579. The molecular formula is C22H40Si2. The number of rotatable bonds is 4. The molecule has 0 aromatic heterocycles. The second-order valence-electron chi connectivity index (χ2n) is 4.96. The van der Waals surface area contributed by atoms with Gasteiger partial charge in [0.2, 0.25) is 0 Å². The molecule has 0 spiro atoms. The van der Waals surface area contributed by atoms with Crippen molar-refractivity contribution in [3.05, 3.63) is 85.0 Å². The summed E-state index contributed by atoms with van der Waals surface area (Å²) in [6.45, 7) is 7.38. The van der Waals surface area contributed by atoms with E-state index >= 15 is 0 Å². The van der Waals surface area contributed by atoms with E-state index in [4.69, 9.17) is 0 Å². The van der Waals surface area contributed by atoms with Gasteiger partial charge in [0.1, 0.15) is 0 Å². The van der Waals surface area contributed by atoms with Crippen molar-refractivity contribution in [3.8, 4) is 0 Å². The Balaban J connectivity index is -0.000000143. The van der Waals surface area contributed by atoms with E-state index < -0.39 is 0 Å². The van der Waals surface area contributed by atoms with Crippen LogP contribution in [0, 0.1) is 0 Å². The molecule has 2 rings (SSSR count). The fourth-order valence-electron chi connectivity index (χ4n) is 1.90. The molecule has 24 heavy (non-hydrogen) atoms. The Morgan fingerprint density at radius 3 is 1.62 bits per heavy atom. The number of benzene rings is 2. The largest absolute Gasteiger partial charge is 0.103 e. The molecule has 0 nitrogen and oxygen atoms in total. The molecule has 136 valence electrons. The SMILES string of the molecule is C.C.C.C.C=CCc1ccc([SiH3])cc1.C=CCc1cccc([SiH3])c1. The lowest BCUT2D eigenvalue weighted by Gasteiger charge is -1.96. The third-order valence-electron chi connectivity index (χ3n) is 2.96. The maximum Gasteiger partial charge on any atom is 0.0385 e. The average Bonchev–Trinajstić information content (AvgIpc) is 2.43. The summed E-state index contributed by atoms with van der Waals surface area (Å²) >= 11 is 0. The molecule has 0 atom stereocenters. The van der Waals surface area contributed by atoms with E-state index in [9.17, 15) is 0 Å². The zero-order valence-electron chi connectivity index (χ0n) is 12.6. The average molecular weight is 361 g/mol. The van der Waals surface area contributed by atoms with Crippen LogP contribution in [0.2, 0.25) is 0 Å². The Labute approximate surface area is 158 Å². The second kappa shape index (κ2) is 17.7. The smallest absolute Gasteiger partial charge is 0.0385 e. The topological polar surface area (TPSA) is 0 Å². The molecule has 2 aromatic rings. The van der Waals surface area contributed by atoms with Crippen LogP contribution >= 0.6 is 0 Å². The summed E-state index contributed by atoms with van der Waals surface area (Å²) in [5, 5.41) is 2.91. The Bertz CT molecular complexity index is 542.